The van der Waals surface area contributed by atoms with Gasteiger partial charge in [-0.05, 0) is 29.3 Å². The van der Waals surface area contributed by atoms with Crippen LogP contribution in [-0.2, 0) is 0 Å². The van der Waals surface area contributed by atoms with Crippen molar-refractivity contribution < 1.29 is 0 Å². The van der Waals surface area contributed by atoms with E-state index in [9.17, 15) is 0 Å². The normalized spacial score (nSPS) is 10.1. The van der Waals surface area contributed by atoms with Crippen LogP contribution in [0.4, 0.5) is 0 Å². The van der Waals surface area contributed by atoms with Crippen molar-refractivity contribution in [2.24, 2.45) is 0 Å². The molecule has 0 amide bonds. The van der Waals surface area contributed by atoms with Crippen molar-refractivity contribution in [3.63, 3.8) is 0 Å². The van der Waals surface area contributed by atoms with Crippen LogP contribution in [0.15, 0.2) is 39.3 Å². The molecule has 0 aromatic rings. The molecule has 0 bridgehead atoms. The molecule has 0 fully saturated rings. The molecule has 0 saturated carbocycles. The first-order valence-electron chi connectivity index (χ1n) is 4.00. The van der Waals surface area contributed by atoms with Crippen molar-refractivity contribution in [3.05, 3.63) is 44.8 Å². The Morgan fingerprint density at radius 1 is 0.929 bits per heavy atom. The fourth-order valence-corrected chi connectivity index (χ4v) is 2.80. The summed E-state index contributed by atoms with van der Waals surface area (Å²) in [7, 11) is 0. The highest BCUT2D eigenvalue weighted by atomic mass is 79.9. The number of hydrogen-bond donors (Lipinski definition) is 0. The van der Waals surface area contributed by atoms with Crippen LogP contribution in [-0.4, -0.2) is 0 Å². The molecule has 3 heteroatoms. The van der Waals surface area contributed by atoms with Crippen LogP contribution in [0.3, 0.4) is 0 Å². The van der Waals surface area contributed by atoms with E-state index in [0.717, 1.165) is 20.1 Å². The van der Waals surface area contributed by atoms with Crippen LogP contribution in [0.2, 0.25) is 0 Å². The quantitative estimate of drug-likeness (QED) is 0.716. The molecule has 0 spiro atoms. The van der Waals surface area contributed by atoms with Gasteiger partial charge in [0.2, 0.25) is 0 Å². The molecule has 2 aliphatic carbocycles. The molecule has 2 aliphatic rings. The Morgan fingerprint density at radius 3 is 1.86 bits per heavy atom. The highest BCUT2D eigenvalue weighted by molar-refractivity contribution is 9.11. The molecule has 0 radical (unpaired) electrons. The summed E-state index contributed by atoms with van der Waals surface area (Å²) in [5.74, 6) is 0. The van der Waals surface area contributed by atoms with E-state index in [-0.39, 0.29) is 0 Å². The number of rotatable bonds is 0. The molecule has 0 unspecified atom stereocenters. The van der Waals surface area contributed by atoms with Crippen molar-refractivity contribution in [2.45, 2.75) is 0 Å². The molecule has 14 heavy (non-hydrogen) atoms. The molecule has 0 atom stereocenters. The monoisotopic (exact) mass is 309 g/mol. The molecule has 1 nitrogen and oxygen atoms in total. The van der Waals surface area contributed by atoms with Gasteiger partial charge in [-0.15, -0.1) is 0 Å². The zero-order chi connectivity index (χ0) is 10.1. The maximum atomic E-state index is 8.76. The Labute approximate surface area is 99.0 Å². The maximum absolute atomic E-state index is 8.76. The summed E-state index contributed by atoms with van der Waals surface area (Å²) in [4.78, 5) is 0. The van der Waals surface area contributed by atoms with Gasteiger partial charge in [0, 0.05) is 8.95 Å². The Morgan fingerprint density at radius 2 is 1.43 bits per heavy atom. The lowest BCUT2D eigenvalue weighted by atomic mass is 10.2. The average molecular weight is 311 g/mol. The first kappa shape index (κ1) is 9.70. The Hall–Kier alpha value is -0.850. The van der Waals surface area contributed by atoms with Crippen molar-refractivity contribution in [2.75, 3.05) is 0 Å². The molecule has 0 N–H and O–H groups in total. The fraction of sp³-hybridized carbons (Fsp3) is 0. The molecule has 0 heterocycles. The second-order valence-corrected chi connectivity index (χ2v) is 4.61. The van der Waals surface area contributed by atoms with Crippen molar-refractivity contribution in [3.8, 4) is 17.2 Å². The smallest absolute Gasteiger partial charge is 0.0991 e. The topological polar surface area (TPSA) is 23.8 Å². The Kier molecular flexibility index (Phi) is 2.58. The zero-order valence-electron chi connectivity index (χ0n) is 7.09. The van der Waals surface area contributed by atoms with Gasteiger partial charge in [-0.25, -0.2) is 0 Å². The van der Waals surface area contributed by atoms with E-state index in [1.54, 1.807) is 0 Å². The van der Waals surface area contributed by atoms with Gasteiger partial charge in [-0.2, -0.15) is 5.26 Å². The number of nitriles is 1. The number of fused-ring (bicyclic) bond motifs is 1. The third-order valence-electron chi connectivity index (χ3n) is 2.05. The lowest BCUT2D eigenvalue weighted by Gasteiger charge is -1.92. The first-order chi connectivity index (χ1) is 6.72. The lowest BCUT2D eigenvalue weighted by molar-refractivity contribution is 1.50. The third-order valence-corrected chi connectivity index (χ3v) is 3.36. The van der Waals surface area contributed by atoms with Gasteiger partial charge >= 0.3 is 0 Å². The van der Waals surface area contributed by atoms with Gasteiger partial charge in [0.05, 0.1) is 11.6 Å². The predicted octanol–water partition coefficient (Wildman–Crippen LogP) is 4.19. The highest BCUT2D eigenvalue weighted by Gasteiger charge is 2.10. The number of hydrogen-bond acceptors (Lipinski definition) is 1. The van der Waals surface area contributed by atoms with Crippen LogP contribution in [0, 0.1) is 11.3 Å². The molecule has 68 valence electrons. The summed E-state index contributed by atoms with van der Waals surface area (Å²) < 4.78 is 2.08. The van der Waals surface area contributed by atoms with Crippen LogP contribution >= 0.6 is 31.9 Å². The van der Waals surface area contributed by atoms with E-state index in [2.05, 4.69) is 37.9 Å². The van der Waals surface area contributed by atoms with Crippen LogP contribution < -0.4 is 0 Å². The molecule has 0 aromatic carbocycles. The van der Waals surface area contributed by atoms with Gasteiger partial charge in [0.15, 0.2) is 0 Å². The average Bonchev–Trinajstić information content (AvgIpc) is 2.40. The van der Waals surface area contributed by atoms with Crippen LogP contribution in [0.1, 0.15) is 5.56 Å². The summed E-state index contributed by atoms with van der Waals surface area (Å²) in [6.07, 6.45) is 0. The molecule has 0 aliphatic heterocycles. The summed E-state index contributed by atoms with van der Waals surface area (Å²) >= 11 is 6.94. The SMILES string of the molecule is N#Cc1ccc2c(Br)cc(Br)c-2cc1. The minimum absolute atomic E-state index is 0.667. The van der Waals surface area contributed by atoms with E-state index in [4.69, 9.17) is 5.26 Å². The van der Waals surface area contributed by atoms with Gasteiger partial charge in [-0.3, -0.25) is 0 Å². The third kappa shape index (κ3) is 1.56. The van der Waals surface area contributed by atoms with Gasteiger partial charge in [0.1, 0.15) is 0 Å². The van der Waals surface area contributed by atoms with E-state index in [0.29, 0.717) is 5.56 Å². The lowest BCUT2D eigenvalue weighted by Crippen LogP contribution is -1.65. The van der Waals surface area contributed by atoms with Crippen LogP contribution in [0.5, 0.6) is 0 Å². The summed E-state index contributed by atoms with van der Waals surface area (Å²) in [5.41, 5.74) is 2.89. The van der Waals surface area contributed by atoms with Crippen LogP contribution in [0.25, 0.3) is 11.1 Å². The molecular weight excluding hydrogens is 306 g/mol. The number of halogens is 2. The van der Waals surface area contributed by atoms with Gasteiger partial charge in [-0.1, -0.05) is 44.0 Å². The maximum Gasteiger partial charge on any atom is 0.0991 e. The second kappa shape index (κ2) is 3.72. The highest BCUT2D eigenvalue weighted by Crippen LogP contribution is 2.38. The van der Waals surface area contributed by atoms with E-state index < -0.39 is 0 Å². The molecule has 0 aromatic heterocycles. The Bertz CT molecular complexity index is 463. The molecule has 0 saturated heterocycles. The number of nitrogens with zero attached hydrogens (tertiary/aromatic N) is 1. The van der Waals surface area contributed by atoms with Gasteiger partial charge < -0.3 is 0 Å². The Balaban J connectivity index is 2.76. The van der Waals surface area contributed by atoms with E-state index >= 15 is 0 Å². The summed E-state index contributed by atoms with van der Waals surface area (Å²) in [6.45, 7) is 0. The summed E-state index contributed by atoms with van der Waals surface area (Å²) in [6, 6.07) is 11.7. The van der Waals surface area contributed by atoms with Crippen molar-refractivity contribution >= 4 is 31.9 Å². The van der Waals surface area contributed by atoms with Crippen molar-refractivity contribution in [1.29, 1.82) is 5.26 Å². The largest absolute Gasteiger partial charge is 0.192 e. The minimum Gasteiger partial charge on any atom is -0.192 e. The standard InChI is InChI=1S/C11H5Br2N/c12-10-5-11(13)9-4-2-7(6-14)1-3-8(9)10/h1-5H. The molecule has 2 rings (SSSR count). The first-order valence-corrected chi connectivity index (χ1v) is 5.59. The predicted molar refractivity (Wildman–Crippen MR) is 63.2 cm³/mol. The fourth-order valence-electron chi connectivity index (χ4n) is 1.34. The second-order valence-electron chi connectivity index (χ2n) is 2.90. The summed E-state index contributed by atoms with van der Waals surface area (Å²) in [5, 5.41) is 8.76. The van der Waals surface area contributed by atoms with Gasteiger partial charge in [0.25, 0.3) is 0 Å². The van der Waals surface area contributed by atoms with E-state index in [1.807, 2.05) is 30.3 Å². The minimum atomic E-state index is 0.667. The van der Waals surface area contributed by atoms with Crippen molar-refractivity contribution in [1.82, 2.24) is 0 Å². The molecular formula is C11H5Br2N. The van der Waals surface area contributed by atoms with E-state index in [1.165, 1.54) is 0 Å². The zero-order valence-corrected chi connectivity index (χ0v) is 10.3.